The van der Waals surface area contributed by atoms with E-state index in [4.69, 9.17) is 27.5 Å². The van der Waals surface area contributed by atoms with Gasteiger partial charge in [-0.25, -0.2) is 0 Å². The Hall–Kier alpha value is -1.18. The lowest BCUT2D eigenvalue weighted by molar-refractivity contribution is -0.138. The molecule has 0 aromatic carbocycles. The van der Waals surface area contributed by atoms with Crippen LogP contribution in [0, 0.1) is 0 Å². The zero-order chi connectivity index (χ0) is 20.5. The van der Waals surface area contributed by atoms with Gasteiger partial charge in [-0.2, -0.15) is 8.78 Å². The molecule has 1 unspecified atom stereocenters. The van der Waals surface area contributed by atoms with Gasteiger partial charge in [0.25, 0.3) is 0 Å². The molecule has 2 amide bonds. The number of halogens is 4. The number of nitrogens with two attached hydrogens (primary N) is 1. The van der Waals surface area contributed by atoms with E-state index in [-0.39, 0.29) is 18.2 Å². The first-order valence-corrected chi connectivity index (χ1v) is 9.27. The Morgan fingerprint density at radius 2 is 1.77 bits per heavy atom. The normalized spacial score (nSPS) is 14.8. The fourth-order valence-corrected chi connectivity index (χ4v) is 2.75. The van der Waals surface area contributed by atoms with Crippen molar-refractivity contribution < 1.29 is 38.2 Å². The van der Waals surface area contributed by atoms with Crippen molar-refractivity contribution >= 4 is 63.0 Å². The van der Waals surface area contributed by atoms with Gasteiger partial charge < -0.3 is 26.6 Å². The molecule has 0 radical (unpaired) electrons. The van der Waals surface area contributed by atoms with E-state index in [1.165, 1.54) is 0 Å². The molecule has 0 saturated carbocycles. The highest BCUT2D eigenvalue weighted by Crippen LogP contribution is 2.38. The smallest absolute Gasteiger partial charge is 0.322 e. The number of carbonyl (C=O) groups excluding carboxylic acids is 2. The zero-order valence-electron chi connectivity index (χ0n) is 13.1. The molecule has 26 heavy (non-hydrogen) atoms. The second kappa shape index (κ2) is 11.5. The highest BCUT2D eigenvalue weighted by molar-refractivity contribution is 9.10. The number of carbonyl (C=O) groups is 4. The number of hydrogen-bond acceptors (Lipinski definition) is 6. The monoisotopic (exact) mass is 483 g/mol. The maximum absolute atomic E-state index is 13.5. The van der Waals surface area contributed by atoms with E-state index in [1.807, 2.05) is 5.32 Å². The van der Waals surface area contributed by atoms with Crippen LogP contribution in [0.25, 0.3) is 0 Å². The van der Waals surface area contributed by atoms with E-state index in [2.05, 4.69) is 21.2 Å². The fourth-order valence-electron chi connectivity index (χ4n) is 1.42. The minimum atomic E-state index is -3.48. The molecule has 0 spiro atoms. The van der Waals surface area contributed by atoms with Gasteiger partial charge in [0.15, 0.2) is 4.29 Å². The van der Waals surface area contributed by atoms with Crippen LogP contribution in [0.2, 0.25) is 0 Å². The standard InChI is InChI=1S/C12H17BrClF2N3O6S/c13-11(14)12(15,16)26-4-6(10(25)18-3-8(22)23)19-9(24)5(17)1-2-7(20)21/h5-6,11H,1-4,17H2,(H,18,25)(H,19,24)(H,20,21)(H,22,23)/t5-,6-,11?/m0/s1. The highest BCUT2D eigenvalue weighted by Gasteiger charge is 2.39. The quantitative estimate of drug-likeness (QED) is 0.245. The lowest BCUT2D eigenvalue weighted by Gasteiger charge is -2.23. The lowest BCUT2D eigenvalue weighted by Crippen LogP contribution is -2.53. The molecule has 0 aliphatic rings. The molecular weight excluding hydrogens is 468 g/mol. The summed E-state index contributed by atoms with van der Waals surface area (Å²) in [5.41, 5.74) is 5.48. The topological polar surface area (TPSA) is 159 Å². The highest BCUT2D eigenvalue weighted by atomic mass is 79.9. The molecule has 0 rings (SSSR count). The van der Waals surface area contributed by atoms with Crippen molar-refractivity contribution in [3.05, 3.63) is 0 Å². The Morgan fingerprint density at radius 3 is 2.23 bits per heavy atom. The maximum atomic E-state index is 13.5. The predicted molar refractivity (Wildman–Crippen MR) is 93.4 cm³/mol. The number of aliphatic carboxylic acids is 2. The number of thioether (sulfide) groups is 1. The maximum Gasteiger partial charge on any atom is 0.322 e. The van der Waals surface area contributed by atoms with Crippen LogP contribution in [0.15, 0.2) is 0 Å². The average Bonchev–Trinajstić information content (AvgIpc) is 2.53. The van der Waals surface area contributed by atoms with Crippen LogP contribution in [0.5, 0.6) is 0 Å². The Kier molecular flexibility index (Phi) is 11.0. The number of carboxylic acid groups (broad SMARTS) is 2. The van der Waals surface area contributed by atoms with Crippen LogP contribution in [-0.4, -0.2) is 67.9 Å². The van der Waals surface area contributed by atoms with E-state index in [9.17, 15) is 28.0 Å². The Balaban J connectivity index is 4.96. The van der Waals surface area contributed by atoms with Gasteiger partial charge in [0.05, 0.1) is 6.04 Å². The molecule has 6 N–H and O–H groups in total. The van der Waals surface area contributed by atoms with Gasteiger partial charge in [0, 0.05) is 12.2 Å². The van der Waals surface area contributed by atoms with Crippen LogP contribution < -0.4 is 16.4 Å². The molecule has 3 atom stereocenters. The molecule has 0 aliphatic carbocycles. The van der Waals surface area contributed by atoms with Crippen molar-refractivity contribution in [2.75, 3.05) is 12.3 Å². The van der Waals surface area contributed by atoms with Crippen molar-refractivity contribution in [1.29, 1.82) is 0 Å². The molecule has 0 saturated heterocycles. The third kappa shape index (κ3) is 10.1. The molecule has 0 bridgehead atoms. The van der Waals surface area contributed by atoms with Crippen LogP contribution in [0.3, 0.4) is 0 Å². The second-order valence-electron chi connectivity index (χ2n) is 4.89. The van der Waals surface area contributed by atoms with Gasteiger partial charge in [0.1, 0.15) is 12.6 Å². The number of rotatable bonds is 12. The number of hydrogen-bond donors (Lipinski definition) is 5. The Bertz CT molecular complexity index is 543. The van der Waals surface area contributed by atoms with E-state index in [1.54, 1.807) is 0 Å². The van der Waals surface area contributed by atoms with Gasteiger partial charge in [-0.3, -0.25) is 19.2 Å². The van der Waals surface area contributed by atoms with Gasteiger partial charge in [-0.15, -0.1) is 11.6 Å². The summed E-state index contributed by atoms with van der Waals surface area (Å²) in [6.07, 6.45) is -0.645. The van der Waals surface area contributed by atoms with E-state index < -0.39 is 64.1 Å². The average molecular weight is 485 g/mol. The first-order chi connectivity index (χ1) is 11.9. The number of alkyl halides is 4. The second-order valence-corrected chi connectivity index (χ2v) is 7.93. The summed E-state index contributed by atoms with van der Waals surface area (Å²) in [4.78, 5) is 44.8. The Labute approximate surface area is 164 Å². The van der Waals surface area contributed by atoms with E-state index in [0.717, 1.165) is 0 Å². The molecule has 14 heteroatoms. The third-order valence-corrected chi connectivity index (χ3v) is 5.15. The van der Waals surface area contributed by atoms with E-state index in [0.29, 0.717) is 0 Å². The summed E-state index contributed by atoms with van der Waals surface area (Å²) in [5.74, 6) is -5.15. The van der Waals surface area contributed by atoms with E-state index >= 15 is 0 Å². The summed E-state index contributed by atoms with van der Waals surface area (Å²) in [6.45, 7) is -0.784. The predicted octanol–water partition coefficient (Wildman–Crippen LogP) is 0.150. The lowest BCUT2D eigenvalue weighted by atomic mass is 10.1. The van der Waals surface area contributed by atoms with Crippen molar-refractivity contribution in [3.8, 4) is 0 Å². The molecular formula is C12H17BrClF2N3O6S. The zero-order valence-corrected chi connectivity index (χ0v) is 16.2. The summed E-state index contributed by atoms with van der Waals surface area (Å²) in [6, 6.07) is -2.82. The van der Waals surface area contributed by atoms with Crippen molar-refractivity contribution in [1.82, 2.24) is 10.6 Å². The molecule has 0 aliphatic heterocycles. The van der Waals surface area contributed by atoms with Crippen molar-refractivity contribution in [2.45, 2.75) is 34.5 Å². The molecule has 0 aromatic rings. The van der Waals surface area contributed by atoms with Gasteiger partial charge in [0.2, 0.25) is 11.8 Å². The summed E-state index contributed by atoms with van der Waals surface area (Å²) < 4.78 is 25.4. The SMILES string of the molecule is N[C@@H](CCC(=O)O)C(=O)N[C@@H](CSC(F)(F)C(Cl)Br)C(=O)NCC(=O)O. The van der Waals surface area contributed by atoms with Crippen LogP contribution >= 0.6 is 39.3 Å². The number of nitrogens with one attached hydrogen (secondary N) is 2. The molecule has 0 heterocycles. The molecule has 150 valence electrons. The fraction of sp³-hybridized carbons (Fsp3) is 0.667. The summed E-state index contributed by atoms with van der Waals surface area (Å²) >= 11 is 7.72. The number of carboxylic acids is 2. The molecule has 0 aromatic heterocycles. The third-order valence-electron chi connectivity index (χ3n) is 2.75. The van der Waals surface area contributed by atoms with Crippen LogP contribution in [0.4, 0.5) is 8.78 Å². The Morgan fingerprint density at radius 1 is 1.19 bits per heavy atom. The van der Waals surface area contributed by atoms with Crippen molar-refractivity contribution in [2.24, 2.45) is 5.73 Å². The summed E-state index contributed by atoms with van der Waals surface area (Å²) in [7, 11) is 0. The first kappa shape index (κ1) is 24.8. The van der Waals surface area contributed by atoms with Gasteiger partial charge in [-0.05, 0) is 6.42 Å². The van der Waals surface area contributed by atoms with Gasteiger partial charge >= 0.3 is 17.2 Å². The summed E-state index contributed by atoms with van der Waals surface area (Å²) in [5, 5.41) is 17.7. The van der Waals surface area contributed by atoms with Crippen LogP contribution in [-0.2, 0) is 19.2 Å². The van der Waals surface area contributed by atoms with Crippen molar-refractivity contribution in [3.63, 3.8) is 0 Å². The molecule has 9 nitrogen and oxygen atoms in total. The minimum Gasteiger partial charge on any atom is -0.481 e. The molecule has 0 fully saturated rings. The van der Waals surface area contributed by atoms with Gasteiger partial charge in [-0.1, -0.05) is 27.7 Å². The minimum absolute atomic E-state index is 0.0406. The number of amides is 2. The first-order valence-electron chi connectivity index (χ1n) is 6.94. The largest absolute Gasteiger partial charge is 0.481 e. The van der Waals surface area contributed by atoms with Crippen LogP contribution in [0.1, 0.15) is 12.8 Å².